The number of carbonyl (C=O) groups is 2. The van der Waals surface area contributed by atoms with Crippen molar-refractivity contribution >= 4 is 44.5 Å². The van der Waals surface area contributed by atoms with Crippen LogP contribution in [0.2, 0.25) is 0 Å². The summed E-state index contributed by atoms with van der Waals surface area (Å²) in [6.45, 7) is 0. The van der Waals surface area contributed by atoms with Gasteiger partial charge in [0.2, 0.25) is 0 Å². The van der Waals surface area contributed by atoms with Crippen LogP contribution in [0, 0.1) is 0 Å². The topological polar surface area (TPSA) is 52.6 Å². The Kier molecular flexibility index (Phi) is 5.70. The highest BCUT2D eigenvalue weighted by Gasteiger charge is 2.10. The maximum atomic E-state index is 11.2. The molecule has 148 valence electrons. The molecular formula is C24H14Cl2O4. The highest BCUT2D eigenvalue weighted by Crippen LogP contribution is 2.36. The van der Waals surface area contributed by atoms with E-state index in [1.165, 1.54) is 0 Å². The summed E-state index contributed by atoms with van der Waals surface area (Å²) >= 11 is 11.0. The molecule has 4 rings (SSSR count). The molecule has 4 aromatic rings. The van der Waals surface area contributed by atoms with E-state index in [4.69, 9.17) is 32.7 Å². The normalized spacial score (nSPS) is 10.6. The predicted octanol–water partition coefficient (Wildman–Crippen LogP) is 7.18. The average molecular weight is 437 g/mol. The summed E-state index contributed by atoms with van der Waals surface area (Å²) in [6, 6.07) is 24.5. The third-order valence-corrected chi connectivity index (χ3v) is 4.90. The van der Waals surface area contributed by atoms with E-state index in [9.17, 15) is 9.59 Å². The molecule has 0 spiro atoms. The minimum Gasteiger partial charge on any atom is -0.457 e. The van der Waals surface area contributed by atoms with Crippen LogP contribution in [-0.2, 0) is 0 Å². The number of ether oxygens (including phenoxy) is 2. The maximum Gasteiger partial charge on any atom is 0.252 e. The summed E-state index contributed by atoms with van der Waals surface area (Å²) in [6.07, 6.45) is 0. The minimum absolute atomic E-state index is 0.402. The molecule has 0 atom stereocenters. The Morgan fingerprint density at radius 1 is 0.533 bits per heavy atom. The van der Waals surface area contributed by atoms with Crippen LogP contribution in [-0.4, -0.2) is 10.5 Å². The van der Waals surface area contributed by atoms with Crippen LogP contribution >= 0.6 is 23.2 Å². The number of fused-ring (bicyclic) bond motifs is 1. The second-order valence-corrected chi connectivity index (χ2v) is 7.09. The highest BCUT2D eigenvalue weighted by atomic mass is 35.5. The van der Waals surface area contributed by atoms with Gasteiger partial charge in [0.1, 0.15) is 23.0 Å². The van der Waals surface area contributed by atoms with E-state index in [-0.39, 0.29) is 0 Å². The van der Waals surface area contributed by atoms with Crippen molar-refractivity contribution in [2.24, 2.45) is 0 Å². The Balaban J connectivity index is 1.64. The van der Waals surface area contributed by atoms with Gasteiger partial charge in [-0.2, -0.15) is 0 Å². The molecule has 0 aliphatic rings. The van der Waals surface area contributed by atoms with Crippen molar-refractivity contribution in [3.8, 4) is 23.0 Å². The van der Waals surface area contributed by atoms with Crippen LogP contribution in [0.3, 0.4) is 0 Å². The molecule has 4 nitrogen and oxygen atoms in total. The number of benzene rings is 4. The van der Waals surface area contributed by atoms with Gasteiger partial charge in [-0.25, -0.2) is 0 Å². The first-order chi connectivity index (χ1) is 14.5. The monoisotopic (exact) mass is 436 g/mol. The molecule has 0 bridgehead atoms. The fourth-order valence-electron chi connectivity index (χ4n) is 2.99. The number of rotatable bonds is 6. The summed E-state index contributed by atoms with van der Waals surface area (Å²) in [4.78, 5) is 22.4. The van der Waals surface area contributed by atoms with Gasteiger partial charge >= 0.3 is 0 Å². The van der Waals surface area contributed by atoms with Crippen molar-refractivity contribution in [2.45, 2.75) is 0 Å². The molecule has 0 saturated heterocycles. The molecule has 0 aliphatic carbocycles. The van der Waals surface area contributed by atoms with E-state index in [0.29, 0.717) is 34.1 Å². The molecule has 0 saturated carbocycles. The van der Waals surface area contributed by atoms with Crippen molar-refractivity contribution in [3.05, 3.63) is 96.1 Å². The Bertz CT molecular complexity index is 1130. The molecule has 0 aromatic heterocycles. The van der Waals surface area contributed by atoms with E-state index < -0.39 is 10.5 Å². The Hall–Kier alpha value is -3.34. The van der Waals surface area contributed by atoms with Crippen molar-refractivity contribution in [1.82, 2.24) is 0 Å². The first-order valence-electron chi connectivity index (χ1n) is 8.98. The standard InChI is InChI=1S/C24H14Cl2O4/c25-23(27)15-7-11-17(12-8-15)29-21-5-1-3-19-20(21)4-2-6-22(19)30-18-13-9-16(10-14-18)24(26)28/h1-14H. The van der Waals surface area contributed by atoms with Gasteiger partial charge in [0.25, 0.3) is 10.5 Å². The summed E-state index contributed by atoms with van der Waals surface area (Å²) < 4.78 is 12.0. The fraction of sp³-hybridized carbons (Fsp3) is 0. The van der Waals surface area contributed by atoms with Crippen molar-refractivity contribution in [1.29, 1.82) is 0 Å². The Morgan fingerprint density at radius 3 is 1.23 bits per heavy atom. The fourth-order valence-corrected chi connectivity index (χ4v) is 3.24. The number of hydrogen-bond donors (Lipinski definition) is 0. The van der Waals surface area contributed by atoms with Crippen molar-refractivity contribution in [3.63, 3.8) is 0 Å². The molecule has 0 radical (unpaired) electrons. The molecular weight excluding hydrogens is 423 g/mol. The Labute approximate surface area is 182 Å². The van der Waals surface area contributed by atoms with Gasteiger partial charge in [0.05, 0.1) is 0 Å². The number of hydrogen-bond acceptors (Lipinski definition) is 4. The largest absolute Gasteiger partial charge is 0.457 e. The third kappa shape index (κ3) is 4.30. The lowest BCUT2D eigenvalue weighted by molar-refractivity contribution is 0.107. The lowest BCUT2D eigenvalue weighted by atomic mass is 10.1. The molecule has 6 heteroatoms. The average Bonchev–Trinajstić information content (AvgIpc) is 2.75. The van der Waals surface area contributed by atoms with Gasteiger partial charge in [-0.15, -0.1) is 0 Å². The van der Waals surface area contributed by atoms with Crippen molar-refractivity contribution < 1.29 is 19.1 Å². The molecule has 0 N–H and O–H groups in total. The molecule has 0 amide bonds. The molecule has 0 aliphatic heterocycles. The highest BCUT2D eigenvalue weighted by molar-refractivity contribution is 6.68. The Morgan fingerprint density at radius 2 is 0.900 bits per heavy atom. The van der Waals surface area contributed by atoms with Gasteiger partial charge < -0.3 is 9.47 Å². The molecule has 4 aromatic carbocycles. The van der Waals surface area contributed by atoms with Crippen LogP contribution < -0.4 is 9.47 Å². The molecule has 0 unspecified atom stereocenters. The molecule has 0 fully saturated rings. The lowest BCUT2D eigenvalue weighted by Crippen LogP contribution is -1.91. The zero-order chi connectivity index (χ0) is 21.1. The van der Waals surface area contributed by atoms with Crippen LogP contribution in [0.4, 0.5) is 0 Å². The minimum atomic E-state index is -0.517. The smallest absolute Gasteiger partial charge is 0.252 e. The zero-order valence-electron chi connectivity index (χ0n) is 15.5. The van der Waals surface area contributed by atoms with E-state index in [1.807, 2.05) is 36.4 Å². The first kappa shape index (κ1) is 20.0. The van der Waals surface area contributed by atoms with Crippen LogP contribution in [0.5, 0.6) is 23.0 Å². The van der Waals surface area contributed by atoms with Crippen molar-refractivity contribution in [2.75, 3.05) is 0 Å². The zero-order valence-corrected chi connectivity index (χ0v) is 17.0. The summed E-state index contributed by atoms with van der Waals surface area (Å²) in [5.41, 5.74) is 0.805. The van der Waals surface area contributed by atoms with Gasteiger partial charge in [-0.05, 0) is 83.9 Å². The molecule has 0 heterocycles. The predicted molar refractivity (Wildman–Crippen MR) is 117 cm³/mol. The van der Waals surface area contributed by atoms with E-state index in [1.54, 1.807) is 48.5 Å². The quantitative estimate of drug-likeness (QED) is 0.300. The van der Waals surface area contributed by atoms with Crippen LogP contribution in [0.25, 0.3) is 10.8 Å². The number of halogens is 2. The van der Waals surface area contributed by atoms with Gasteiger partial charge in [0, 0.05) is 21.9 Å². The molecule has 30 heavy (non-hydrogen) atoms. The first-order valence-corrected chi connectivity index (χ1v) is 9.74. The van der Waals surface area contributed by atoms with Crippen LogP contribution in [0.15, 0.2) is 84.9 Å². The maximum absolute atomic E-state index is 11.2. The van der Waals surface area contributed by atoms with Gasteiger partial charge in [-0.1, -0.05) is 24.3 Å². The SMILES string of the molecule is O=C(Cl)c1ccc(Oc2cccc3c(Oc4ccc(C(=O)Cl)cc4)cccc23)cc1. The second-order valence-electron chi connectivity index (χ2n) is 6.41. The van der Waals surface area contributed by atoms with Crippen LogP contribution in [0.1, 0.15) is 20.7 Å². The van der Waals surface area contributed by atoms with E-state index in [0.717, 1.165) is 10.8 Å². The summed E-state index contributed by atoms with van der Waals surface area (Å²) in [5, 5.41) is 0.689. The third-order valence-electron chi connectivity index (χ3n) is 4.46. The van der Waals surface area contributed by atoms with Gasteiger partial charge in [0.15, 0.2) is 0 Å². The lowest BCUT2D eigenvalue weighted by Gasteiger charge is -2.13. The van der Waals surface area contributed by atoms with E-state index >= 15 is 0 Å². The van der Waals surface area contributed by atoms with E-state index in [2.05, 4.69) is 0 Å². The summed E-state index contributed by atoms with van der Waals surface area (Å²) in [5.74, 6) is 2.45. The summed E-state index contributed by atoms with van der Waals surface area (Å²) in [7, 11) is 0. The second kappa shape index (κ2) is 8.57. The number of carbonyl (C=O) groups excluding carboxylic acids is 2. The van der Waals surface area contributed by atoms with Gasteiger partial charge in [-0.3, -0.25) is 9.59 Å².